The summed E-state index contributed by atoms with van der Waals surface area (Å²) in [6.07, 6.45) is 3.91. The number of carbonyl (C=O) groups is 1. The fourth-order valence-corrected chi connectivity index (χ4v) is 4.67. The van der Waals surface area contributed by atoms with Gasteiger partial charge in [0.25, 0.3) is 5.91 Å². The highest BCUT2D eigenvalue weighted by Crippen LogP contribution is 2.40. The smallest absolute Gasteiger partial charge is 0.311 e. The van der Waals surface area contributed by atoms with Gasteiger partial charge in [-0.05, 0) is 42.9 Å². The van der Waals surface area contributed by atoms with Crippen molar-refractivity contribution in [2.24, 2.45) is 5.92 Å². The molecule has 1 heterocycles. The number of hydrogen-bond acceptors (Lipinski definition) is 6. The van der Waals surface area contributed by atoms with Crippen molar-refractivity contribution in [1.29, 1.82) is 5.26 Å². The SMILES string of the molecule is CC[C@@H]1CCc2c(sc(NC(=O)c3ccc(OC)c([N+](=O)[O-])c3)c2C#N)C1. The number of hydrogen-bond donors (Lipinski definition) is 1. The number of nitro benzene ring substituents is 1. The second kappa shape index (κ2) is 7.76. The molecular weight excluding hydrogens is 366 g/mol. The van der Waals surface area contributed by atoms with Crippen LogP contribution >= 0.6 is 11.3 Å². The molecule has 3 rings (SSSR count). The van der Waals surface area contributed by atoms with Gasteiger partial charge in [-0.3, -0.25) is 14.9 Å². The molecule has 0 fully saturated rings. The van der Waals surface area contributed by atoms with E-state index in [1.165, 1.54) is 36.6 Å². The Balaban J connectivity index is 1.89. The van der Waals surface area contributed by atoms with Gasteiger partial charge in [-0.15, -0.1) is 11.3 Å². The zero-order chi connectivity index (χ0) is 19.6. The van der Waals surface area contributed by atoms with Gasteiger partial charge in [0.05, 0.1) is 17.6 Å². The number of anilines is 1. The number of nitro groups is 1. The topological polar surface area (TPSA) is 105 Å². The van der Waals surface area contributed by atoms with E-state index in [0.717, 1.165) is 36.1 Å². The second-order valence-electron chi connectivity index (χ2n) is 6.43. The lowest BCUT2D eigenvalue weighted by Gasteiger charge is -2.20. The summed E-state index contributed by atoms with van der Waals surface area (Å²) < 4.78 is 4.96. The highest BCUT2D eigenvalue weighted by Gasteiger charge is 2.26. The fourth-order valence-electron chi connectivity index (χ4n) is 3.36. The number of nitrogens with zero attached hydrogens (tertiary/aromatic N) is 2. The number of methoxy groups -OCH3 is 1. The molecule has 0 bridgehead atoms. The Morgan fingerprint density at radius 3 is 2.93 bits per heavy atom. The van der Waals surface area contributed by atoms with Crippen LogP contribution in [0.15, 0.2) is 18.2 Å². The van der Waals surface area contributed by atoms with Gasteiger partial charge in [-0.25, -0.2) is 0 Å². The minimum absolute atomic E-state index is 0.0893. The Morgan fingerprint density at radius 2 is 2.30 bits per heavy atom. The molecule has 2 aromatic rings. The van der Waals surface area contributed by atoms with Gasteiger partial charge in [0.15, 0.2) is 5.75 Å². The van der Waals surface area contributed by atoms with E-state index in [0.29, 0.717) is 16.5 Å². The van der Waals surface area contributed by atoms with Gasteiger partial charge in [0.1, 0.15) is 11.1 Å². The van der Waals surface area contributed by atoms with Crippen LogP contribution in [0.4, 0.5) is 10.7 Å². The highest BCUT2D eigenvalue weighted by atomic mass is 32.1. The Bertz CT molecular complexity index is 945. The Hall–Kier alpha value is -2.92. The normalized spacial score (nSPS) is 15.5. The third-order valence-corrected chi connectivity index (χ3v) is 6.09. The second-order valence-corrected chi connectivity index (χ2v) is 7.54. The van der Waals surface area contributed by atoms with Crippen LogP contribution in [0.25, 0.3) is 0 Å². The molecule has 1 aliphatic rings. The summed E-state index contributed by atoms with van der Waals surface area (Å²) in [5.74, 6) is 0.213. The van der Waals surface area contributed by atoms with E-state index in [-0.39, 0.29) is 17.0 Å². The van der Waals surface area contributed by atoms with Gasteiger partial charge >= 0.3 is 5.69 Å². The van der Waals surface area contributed by atoms with Gasteiger partial charge in [0.2, 0.25) is 0 Å². The van der Waals surface area contributed by atoms with E-state index < -0.39 is 10.8 Å². The maximum absolute atomic E-state index is 12.6. The van der Waals surface area contributed by atoms with E-state index >= 15 is 0 Å². The van der Waals surface area contributed by atoms with Crippen molar-refractivity contribution in [3.63, 3.8) is 0 Å². The maximum atomic E-state index is 12.6. The molecule has 0 aliphatic heterocycles. The molecule has 140 valence electrons. The molecular formula is C19H19N3O4S. The van der Waals surface area contributed by atoms with Crippen molar-refractivity contribution in [2.75, 3.05) is 12.4 Å². The summed E-state index contributed by atoms with van der Waals surface area (Å²) in [4.78, 5) is 24.3. The predicted octanol–water partition coefficient (Wildman–Crippen LogP) is 4.30. The lowest BCUT2D eigenvalue weighted by Crippen LogP contribution is -2.13. The van der Waals surface area contributed by atoms with Crippen molar-refractivity contribution in [2.45, 2.75) is 32.6 Å². The average Bonchev–Trinajstić information content (AvgIpc) is 3.02. The van der Waals surface area contributed by atoms with Crippen molar-refractivity contribution >= 4 is 27.9 Å². The summed E-state index contributed by atoms with van der Waals surface area (Å²) in [5, 5.41) is 24.0. The molecule has 0 saturated heterocycles. The first-order chi connectivity index (χ1) is 13.0. The van der Waals surface area contributed by atoms with E-state index in [9.17, 15) is 20.2 Å². The third-order valence-electron chi connectivity index (χ3n) is 4.92. The number of benzene rings is 1. The number of fused-ring (bicyclic) bond motifs is 1. The van der Waals surface area contributed by atoms with Gasteiger partial charge < -0.3 is 10.1 Å². The number of carbonyl (C=O) groups excluding carboxylic acids is 1. The molecule has 0 unspecified atom stereocenters. The number of amides is 1. The summed E-state index contributed by atoms with van der Waals surface area (Å²) in [5.41, 5.74) is 1.41. The van der Waals surface area contributed by atoms with E-state index in [4.69, 9.17) is 4.74 Å². The van der Waals surface area contributed by atoms with Crippen LogP contribution in [0.1, 0.15) is 46.1 Å². The minimum atomic E-state index is -0.592. The standard InChI is InChI=1S/C19H19N3O4S/c1-3-11-4-6-13-14(10-20)19(27-17(13)8-11)21-18(23)12-5-7-16(26-2)15(9-12)22(24)25/h5,7,9,11H,3-4,6,8H2,1-2H3,(H,21,23)/t11-/m1/s1. The Morgan fingerprint density at radius 1 is 1.52 bits per heavy atom. The zero-order valence-electron chi connectivity index (χ0n) is 15.1. The van der Waals surface area contributed by atoms with E-state index in [1.54, 1.807) is 0 Å². The monoisotopic (exact) mass is 385 g/mol. The van der Waals surface area contributed by atoms with Gasteiger partial charge in [-0.2, -0.15) is 5.26 Å². The van der Waals surface area contributed by atoms with Crippen LogP contribution in [0, 0.1) is 27.4 Å². The van der Waals surface area contributed by atoms with Crippen LogP contribution in [-0.4, -0.2) is 17.9 Å². The molecule has 8 heteroatoms. The maximum Gasteiger partial charge on any atom is 0.311 e. The summed E-state index contributed by atoms with van der Waals surface area (Å²) in [7, 11) is 1.33. The van der Waals surface area contributed by atoms with Crippen LogP contribution in [0.2, 0.25) is 0 Å². The van der Waals surface area contributed by atoms with Crippen molar-refractivity contribution in [1.82, 2.24) is 0 Å². The van der Waals surface area contributed by atoms with E-state index in [2.05, 4.69) is 18.3 Å². The predicted molar refractivity (Wildman–Crippen MR) is 102 cm³/mol. The van der Waals surface area contributed by atoms with Gasteiger partial charge in [-0.1, -0.05) is 13.3 Å². The highest BCUT2D eigenvalue weighted by molar-refractivity contribution is 7.16. The molecule has 1 amide bonds. The largest absolute Gasteiger partial charge is 0.490 e. The lowest BCUT2D eigenvalue weighted by molar-refractivity contribution is -0.385. The first-order valence-corrected chi connectivity index (χ1v) is 9.48. The molecule has 1 atom stereocenters. The molecule has 1 aromatic heterocycles. The number of thiophene rings is 1. The van der Waals surface area contributed by atoms with Crippen molar-refractivity contribution in [3.05, 3.63) is 49.9 Å². The quantitative estimate of drug-likeness (QED) is 0.610. The Labute approximate surface area is 160 Å². The summed E-state index contributed by atoms with van der Waals surface area (Å²) >= 11 is 1.43. The van der Waals surface area contributed by atoms with E-state index in [1.807, 2.05) is 0 Å². The van der Waals surface area contributed by atoms with Gasteiger partial charge in [0, 0.05) is 16.5 Å². The molecule has 7 nitrogen and oxygen atoms in total. The van der Waals surface area contributed by atoms with Crippen LogP contribution in [0.5, 0.6) is 5.75 Å². The lowest BCUT2D eigenvalue weighted by atomic mass is 9.86. The zero-order valence-corrected chi connectivity index (χ0v) is 15.9. The first kappa shape index (κ1) is 18.9. The molecule has 0 radical (unpaired) electrons. The molecule has 1 aromatic carbocycles. The number of nitrogens with one attached hydrogen (secondary N) is 1. The molecule has 0 spiro atoms. The van der Waals surface area contributed by atoms with Crippen molar-refractivity contribution in [3.8, 4) is 11.8 Å². The van der Waals surface area contributed by atoms with Crippen molar-refractivity contribution < 1.29 is 14.5 Å². The molecule has 1 aliphatic carbocycles. The Kier molecular flexibility index (Phi) is 5.42. The molecule has 1 N–H and O–H groups in total. The summed E-state index contributed by atoms with van der Waals surface area (Å²) in [6.45, 7) is 2.16. The number of ether oxygens (including phenoxy) is 1. The van der Waals surface area contributed by atoms with Crippen LogP contribution < -0.4 is 10.1 Å². The fraction of sp³-hybridized carbons (Fsp3) is 0.368. The summed E-state index contributed by atoms with van der Waals surface area (Å²) in [6, 6.07) is 6.25. The minimum Gasteiger partial charge on any atom is -0.490 e. The molecule has 0 saturated carbocycles. The number of rotatable bonds is 5. The van der Waals surface area contributed by atoms with Crippen LogP contribution in [0.3, 0.4) is 0 Å². The van der Waals surface area contributed by atoms with Crippen LogP contribution in [-0.2, 0) is 12.8 Å². The first-order valence-electron chi connectivity index (χ1n) is 8.66. The molecule has 27 heavy (non-hydrogen) atoms. The average molecular weight is 385 g/mol. The third kappa shape index (κ3) is 3.64. The number of nitriles is 1.